The Kier molecular flexibility index (Phi) is 1.74. The van der Waals surface area contributed by atoms with E-state index in [0.717, 1.165) is 4.73 Å². The molecule has 1 aromatic heterocycles. The zero-order valence-electron chi connectivity index (χ0n) is 6.66. The Bertz CT molecular complexity index is 518. The van der Waals surface area contributed by atoms with Crippen LogP contribution in [-0.4, -0.2) is 9.94 Å². The second kappa shape index (κ2) is 2.78. The van der Waals surface area contributed by atoms with Crippen LogP contribution in [-0.2, 0) is 0 Å². The minimum Gasteiger partial charge on any atom is -0.428 e. The third kappa shape index (κ3) is 1.27. The quantitative estimate of drug-likeness (QED) is 0.620. The second-order valence-corrected chi connectivity index (χ2v) is 3.17. The third-order valence-electron chi connectivity index (χ3n) is 1.88. The molecule has 0 aliphatic carbocycles. The Morgan fingerprint density at radius 2 is 2.08 bits per heavy atom. The van der Waals surface area contributed by atoms with Crippen molar-refractivity contribution in [1.82, 2.24) is 4.73 Å². The van der Waals surface area contributed by atoms with Gasteiger partial charge in [0.15, 0.2) is 0 Å². The van der Waals surface area contributed by atoms with Crippen molar-refractivity contribution >= 4 is 22.5 Å². The van der Waals surface area contributed by atoms with Gasteiger partial charge in [-0.2, -0.15) is 4.73 Å². The highest BCUT2D eigenvalue weighted by Gasteiger charge is 1.99. The zero-order valence-corrected chi connectivity index (χ0v) is 7.42. The molecule has 0 bridgehead atoms. The molecule has 0 saturated carbocycles. The molecule has 0 aliphatic rings. The lowest BCUT2D eigenvalue weighted by Gasteiger charge is -2.03. The van der Waals surface area contributed by atoms with Crippen LogP contribution in [0.15, 0.2) is 30.5 Å². The summed E-state index contributed by atoms with van der Waals surface area (Å²) in [6, 6.07) is 6.56. The maximum Gasteiger partial charge on any atom is 0.0901 e. The molecule has 0 spiro atoms. The van der Waals surface area contributed by atoms with Gasteiger partial charge in [0, 0.05) is 16.6 Å². The van der Waals surface area contributed by atoms with Crippen LogP contribution in [0.3, 0.4) is 0 Å². The number of fused-ring (bicyclic) bond motifs is 1. The van der Waals surface area contributed by atoms with Crippen molar-refractivity contribution in [2.75, 3.05) is 0 Å². The van der Waals surface area contributed by atoms with Crippen LogP contribution in [0.1, 0.15) is 0 Å². The fourth-order valence-electron chi connectivity index (χ4n) is 1.24. The summed E-state index contributed by atoms with van der Waals surface area (Å²) >= 11 is 5.76. The Labute approximate surface area is 79.3 Å². The molecule has 0 saturated heterocycles. The molecule has 0 amide bonds. The summed E-state index contributed by atoms with van der Waals surface area (Å²) in [4.78, 5) is 0. The molecule has 4 heteroatoms. The maximum absolute atomic E-state index is 9.39. The summed E-state index contributed by atoms with van der Waals surface area (Å²) in [6.07, 6.45) is 1.42. The van der Waals surface area contributed by atoms with E-state index in [1.165, 1.54) is 12.3 Å². The second-order valence-electron chi connectivity index (χ2n) is 2.74. The SMILES string of the molecule is N=c1ccn(O)c2cc(Cl)ccc12. The smallest absolute Gasteiger partial charge is 0.0901 e. The largest absolute Gasteiger partial charge is 0.428 e. The van der Waals surface area contributed by atoms with Crippen molar-refractivity contribution in [3.8, 4) is 0 Å². The van der Waals surface area contributed by atoms with E-state index in [0.29, 0.717) is 21.3 Å². The topological polar surface area (TPSA) is 49.0 Å². The summed E-state index contributed by atoms with van der Waals surface area (Å²) in [5.41, 5.74) is 0.542. The van der Waals surface area contributed by atoms with E-state index in [9.17, 15) is 5.21 Å². The fourth-order valence-corrected chi connectivity index (χ4v) is 1.40. The number of nitrogens with zero attached hydrogens (tertiary/aromatic N) is 1. The molecule has 66 valence electrons. The van der Waals surface area contributed by atoms with Crippen LogP contribution >= 0.6 is 11.6 Å². The highest BCUT2D eigenvalue weighted by molar-refractivity contribution is 6.31. The van der Waals surface area contributed by atoms with Gasteiger partial charge in [-0.25, -0.2) is 0 Å². The number of hydrogen-bond donors (Lipinski definition) is 2. The Balaban J connectivity index is 3.01. The van der Waals surface area contributed by atoms with Gasteiger partial charge in [0.1, 0.15) is 0 Å². The van der Waals surface area contributed by atoms with E-state index in [-0.39, 0.29) is 0 Å². The van der Waals surface area contributed by atoms with Crippen molar-refractivity contribution in [1.29, 1.82) is 5.41 Å². The van der Waals surface area contributed by atoms with Crippen molar-refractivity contribution in [3.05, 3.63) is 40.8 Å². The predicted octanol–water partition coefficient (Wildman–Crippen LogP) is 2.01. The van der Waals surface area contributed by atoms with E-state index >= 15 is 0 Å². The lowest BCUT2D eigenvalue weighted by Crippen LogP contribution is -2.05. The molecule has 0 fully saturated rings. The van der Waals surface area contributed by atoms with E-state index < -0.39 is 0 Å². The van der Waals surface area contributed by atoms with Crippen LogP contribution in [0.5, 0.6) is 0 Å². The van der Waals surface area contributed by atoms with Crippen molar-refractivity contribution in [3.63, 3.8) is 0 Å². The number of hydrogen-bond acceptors (Lipinski definition) is 2. The Morgan fingerprint density at radius 3 is 2.85 bits per heavy atom. The molecule has 2 N–H and O–H groups in total. The maximum atomic E-state index is 9.39. The average Bonchev–Trinajstić information content (AvgIpc) is 2.12. The molecular weight excluding hydrogens is 188 g/mol. The first kappa shape index (κ1) is 8.13. The van der Waals surface area contributed by atoms with Crippen molar-refractivity contribution < 1.29 is 5.21 Å². The number of nitrogens with one attached hydrogen (secondary N) is 1. The van der Waals surface area contributed by atoms with Gasteiger partial charge in [-0.3, -0.25) is 0 Å². The average molecular weight is 195 g/mol. The highest BCUT2D eigenvalue weighted by Crippen LogP contribution is 2.15. The van der Waals surface area contributed by atoms with Gasteiger partial charge in [0.2, 0.25) is 0 Å². The van der Waals surface area contributed by atoms with Gasteiger partial charge in [-0.15, -0.1) is 0 Å². The Hall–Kier alpha value is -1.48. The number of benzene rings is 1. The first-order chi connectivity index (χ1) is 6.18. The normalized spacial score (nSPS) is 10.5. The van der Waals surface area contributed by atoms with Crippen LogP contribution in [0.25, 0.3) is 10.9 Å². The summed E-state index contributed by atoms with van der Waals surface area (Å²) < 4.78 is 0.958. The zero-order chi connectivity index (χ0) is 9.42. The molecular formula is C9H7ClN2O. The van der Waals surface area contributed by atoms with Gasteiger partial charge in [0.05, 0.1) is 10.9 Å². The number of pyridine rings is 1. The molecule has 0 radical (unpaired) electrons. The molecule has 3 nitrogen and oxygen atoms in total. The van der Waals surface area contributed by atoms with Gasteiger partial charge < -0.3 is 10.6 Å². The van der Waals surface area contributed by atoms with Crippen LogP contribution in [0.4, 0.5) is 0 Å². The summed E-state index contributed by atoms with van der Waals surface area (Å²) in [6.45, 7) is 0. The molecule has 13 heavy (non-hydrogen) atoms. The lowest BCUT2D eigenvalue weighted by atomic mass is 10.2. The number of rotatable bonds is 0. The molecule has 0 atom stereocenters. The first-order valence-electron chi connectivity index (χ1n) is 3.73. The molecule has 0 unspecified atom stereocenters. The number of halogens is 1. The van der Waals surface area contributed by atoms with E-state index in [1.54, 1.807) is 18.2 Å². The molecule has 1 aromatic carbocycles. The van der Waals surface area contributed by atoms with Crippen LogP contribution in [0, 0.1) is 5.41 Å². The number of aromatic nitrogens is 1. The van der Waals surface area contributed by atoms with E-state index in [2.05, 4.69) is 0 Å². The van der Waals surface area contributed by atoms with Gasteiger partial charge in [-0.1, -0.05) is 11.6 Å². The lowest BCUT2D eigenvalue weighted by molar-refractivity contribution is 0.198. The third-order valence-corrected chi connectivity index (χ3v) is 2.11. The Morgan fingerprint density at radius 1 is 1.31 bits per heavy atom. The van der Waals surface area contributed by atoms with Crippen LogP contribution < -0.4 is 5.36 Å². The highest BCUT2D eigenvalue weighted by atomic mass is 35.5. The minimum absolute atomic E-state index is 0.372. The van der Waals surface area contributed by atoms with Crippen molar-refractivity contribution in [2.45, 2.75) is 0 Å². The summed E-state index contributed by atoms with van der Waals surface area (Å²) in [7, 11) is 0. The monoisotopic (exact) mass is 194 g/mol. The van der Waals surface area contributed by atoms with Gasteiger partial charge in [0.25, 0.3) is 0 Å². The molecule has 0 aliphatic heterocycles. The van der Waals surface area contributed by atoms with Crippen LogP contribution in [0.2, 0.25) is 5.02 Å². The van der Waals surface area contributed by atoms with E-state index in [1.807, 2.05) is 0 Å². The van der Waals surface area contributed by atoms with E-state index in [4.69, 9.17) is 17.0 Å². The molecule has 2 rings (SSSR count). The molecule has 1 heterocycles. The molecule has 2 aromatic rings. The summed E-state index contributed by atoms with van der Waals surface area (Å²) in [5, 5.41) is 18.5. The summed E-state index contributed by atoms with van der Waals surface area (Å²) in [5.74, 6) is 0. The minimum atomic E-state index is 0.372. The van der Waals surface area contributed by atoms with Crippen molar-refractivity contribution in [2.24, 2.45) is 0 Å². The van der Waals surface area contributed by atoms with Gasteiger partial charge >= 0.3 is 0 Å². The predicted molar refractivity (Wildman–Crippen MR) is 50.0 cm³/mol. The fraction of sp³-hybridized carbons (Fsp3) is 0. The standard InChI is InChI=1S/C9H7ClN2O/c10-6-1-2-7-8(11)3-4-12(13)9(7)5-6/h1-5,11,13H. The van der Waals surface area contributed by atoms with Gasteiger partial charge in [-0.05, 0) is 24.3 Å². The first-order valence-corrected chi connectivity index (χ1v) is 4.11.